The molecule has 6 nitrogen and oxygen atoms in total. The molecule has 1 aromatic rings. The molecule has 7 heteroatoms. The SMILES string of the molecule is Cc1cc(C(=O)N2CC[C@@H](N3CCCC3)C2)cc(S(=O)(=O)N2CCC(C)CC2)c1C. The molecule has 0 aromatic heterocycles. The van der Waals surface area contributed by atoms with E-state index in [1.807, 2.05) is 24.8 Å². The van der Waals surface area contributed by atoms with E-state index in [2.05, 4.69) is 11.8 Å². The Bertz CT molecular complexity index is 901. The third-order valence-electron chi connectivity index (χ3n) is 7.33. The van der Waals surface area contributed by atoms with Crippen LogP contribution in [0.2, 0.25) is 0 Å². The summed E-state index contributed by atoms with van der Waals surface area (Å²) in [6.45, 7) is 10.8. The van der Waals surface area contributed by atoms with Gasteiger partial charge in [0, 0.05) is 37.8 Å². The van der Waals surface area contributed by atoms with E-state index in [9.17, 15) is 13.2 Å². The van der Waals surface area contributed by atoms with Gasteiger partial charge in [0.05, 0.1) is 4.90 Å². The summed E-state index contributed by atoms with van der Waals surface area (Å²) in [6, 6.07) is 3.93. The number of likely N-dealkylation sites (tertiary alicyclic amines) is 2. The van der Waals surface area contributed by atoms with Crippen molar-refractivity contribution in [2.24, 2.45) is 5.92 Å². The van der Waals surface area contributed by atoms with E-state index in [0.29, 0.717) is 35.5 Å². The Labute approximate surface area is 181 Å². The van der Waals surface area contributed by atoms with Crippen molar-refractivity contribution in [1.29, 1.82) is 0 Å². The molecule has 3 saturated heterocycles. The minimum atomic E-state index is -3.59. The van der Waals surface area contributed by atoms with Crippen LogP contribution in [0.25, 0.3) is 0 Å². The van der Waals surface area contributed by atoms with Crippen LogP contribution in [-0.2, 0) is 10.0 Å². The lowest BCUT2D eigenvalue weighted by Gasteiger charge is -2.30. The van der Waals surface area contributed by atoms with Gasteiger partial charge in [-0.25, -0.2) is 8.42 Å². The molecule has 3 aliphatic rings. The molecule has 0 bridgehead atoms. The molecule has 4 rings (SSSR count). The quantitative estimate of drug-likeness (QED) is 0.732. The summed E-state index contributed by atoms with van der Waals surface area (Å²) in [6.07, 6.45) is 5.28. The highest BCUT2D eigenvalue weighted by atomic mass is 32.2. The summed E-state index contributed by atoms with van der Waals surface area (Å²) in [5, 5.41) is 0. The van der Waals surface area contributed by atoms with E-state index < -0.39 is 10.0 Å². The molecule has 3 heterocycles. The van der Waals surface area contributed by atoms with Gasteiger partial charge >= 0.3 is 0 Å². The fourth-order valence-electron chi connectivity index (χ4n) is 5.10. The Balaban J connectivity index is 1.56. The van der Waals surface area contributed by atoms with Gasteiger partial charge in [-0.3, -0.25) is 9.69 Å². The van der Waals surface area contributed by atoms with Crippen molar-refractivity contribution in [2.75, 3.05) is 39.3 Å². The van der Waals surface area contributed by atoms with Crippen molar-refractivity contribution in [3.05, 3.63) is 28.8 Å². The smallest absolute Gasteiger partial charge is 0.253 e. The number of carbonyl (C=O) groups is 1. The van der Waals surface area contributed by atoms with Crippen molar-refractivity contribution < 1.29 is 13.2 Å². The van der Waals surface area contributed by atoms with Crippen molar-refractivity contribution in [3.63, 3.8) is 0 Å². The minimum Gasteiger partial charge on any atom is -0.337 e. The van der Waals surface area contributed by atoms with Gasteiger partial charge < -0.3 is 4.90 Å². The molecule has 3 fully saturated rings. The van der Waals surface area contributed by atoms with Crippen molar-refractivity contribution in [2.45, 2.75) is 63.8 Å². The van der Waals surface area contributed by atoms with Crippen molar-refractivity contribution in [3.8, 4) is 0 Å². The zero-order valence-corrected chi connectivity index (χ0v) is 19.4. The molecule has 30 heavy (non-hydrogen) atoms. The predicted molar refractivity (Wildman–Crippen MR) is 118 cm³/mol. The van der Waals surface area contributed by atoms with Gasteiger partial charge in [0.25, 0.3) is 5.91 Å². The van der Waals surface area contributed by atoms with E-state index in [1.165, 1.54) is 12.8 Å². The highest BCUT2D eigenvalue weighted by molar-refractivity contribution is 7.89. The topological polar surface area (TPSA) is 60.9 Å². The third kappa shape index (κ3) is 4.16. The number of amides is 1. The lowest BCUT2D eigenvalue weighted by Crippen LogP contribution is -2.38. The number of hydrogen-bond acceptors (Lipinski definition) is 4. The summed E-state index contributed by atoms with van der Waals surface area (Å²) in [4.78, 5) is 18.0. The maximum Gasteiger partial charge on any atom is 0.253 e. The van der Waals surface area contributed by atoms with Gasteiger partial charge in [0.1, 0.15) is 0 Å². The van der Waals surface area contributed by atoms with E-state index in [1.54, 1.807) is 10.4 Å². The van der Waals surface area contributed by atoms with Gasteiger partial charge in [0.15, 0.2) is 0 Å². The lowest BCUT2D eigenvalue weighted by atomic mass is 10.0. The second kappa shape index (κ2) is 8.60. The monoisotopic (exact) mass is 433 g/mol. The minimum absolute atomic E-state index is 0.0384. The summed E-state index contributed by atoms with van der Waals surface area (Å²) < 4.78 is 28.4. The first-order chi connectivity index (χ1) is 14.3. The van der Waals surface area contributed by atoms with Gasteiger partial charge in [-0.15, -0.1) is 0 Å². The first kappa shape index (κ1) is 21.8. The maximum atomic E-state index is 13.4. The summed E-state index contributed by atoms with van der Waals surface area (Å²) in [7, 11) is -3.59. The zero-order chi connectivity index (χ0) is 21.5. The second-order valence-corrected chi connectivity index (χ2v) is 11.3. The van der Waals surface area contributed by atoms with Gasteiger partial charge in [-0.1, -0.05) is 6.92 Å². The van der Waals surface area contributed by atoms with Crippen LogP contribution < -0.4 is 0 Å². The van der Waals surface area contributed by atoms with Crippen LogP contribution in [0.4, 0.5) is 0 Å². The average molecular weight is 434 g/mol. The zero-order valence-electron chi connectivity index (χ0n) is 18.6. The maximum absolute atomic E-state index is 13.4. The standard InChI is InChI=1S/C23H35N3O3S/c1-17-6-12-26(13-7-17)30(28,29)22-15-20(14-18(2)19(22)3)23(27)25-11-8-21(16-25)24-9-4-5-10-24/h14-15,17,21H,4-13,16H2,1-3H3/t21-/m1/s1. The number of nitrogens with zero attached hydrogens (tertiary/aromatic N) is 3. The Morgan fingerprint density at radius 1 is 0.967 bits per heavy atom. The van der Waals surface area contributed by atoms with Crippen molar-refractivity contribution in [1.82, 2.24) is 14.1 Å². The van der Waals surface area contributed by atoms with Crippen LogP contribution in [0.5, 0.6) is 0 Å². The number of rotatable bonds is 4. The fourth-order valence-corrected chi connectivity index (χ4v) is 6.89. The molecule has 0 spiro atoms. The van der Waals surface area contributed by atoms with E-state index in [4.69, 9.17) is 0 Å². The first-order valence-corrected chi connectivity index (χ1v) is 12.9. The third-order valence-corrected chi connectivity index (χ3v) is 9.36. The van der Waals surface area contributed by atoms with Crippen LogP contribution >= 0.6 is 0 Å². The molecule has 1 aromatic carbocycles. The summed E-state index contributed by atoms with van der Waals surface area (Å²) in [5.41, 5.74) is 2.12. The molecule has 3 aliphatic heterocycles. The number of piperidine rings is 1. The van der Waals surface area contributed by atoms with Crippen LogP contribution in [-0.4, -0.2) is 73.7 Å². The van der Waals surface area contributed by atoms with Gasteiger partial charge in [-0.05, 0) is 88.2 Å². The summed E-state index contributed by atoms with van der Waals surface area (Å²) in [5.74, 6) is 0.523. The molecular formula is C23H35N3O3S. The Morgan fingerprint density at radius 3 is 2.30 bits per heavy atom. The van der Waals surface area contributed by atoms with E-state index in [-0.39, 0.29) is 5.91 Å². The van der Waals surface area contributed by atoms with Crippen LogP contribution in [0, 0.1) is 19.8 Å². The molecule has 0 aliphatic carbocycles. The number of hydrogen-bond donors (Lipinski definition) is 0. The van der Waals surface area contributed by atoms with Crippen molar-refractivity contribution >= 4 is 15.9 Å². The Kier molecular flexibility index (Phi) is 6.24. The van der Waals surface area contributed by atoms with Crippen LogP contribution in [0.1, 0.15) is 60.5 Å². The average Bonchev–Trinajstić information content (AvgIpc) is 3.41. The number of sulfonamides is 1. The first-order valence-electron chi connectivity index (χ1n) is 11.4. The normalized spacial score (nSPS) is 24.6. The van der Waals surface area contributed by atoms with Gasteiger partial charge in [-0.2, -0.15) is 4.31 Å². The Morgan fingerprint density at radius 2 is 1.63 bits per heavy atom. The lowest BCUT2D eigenvalue weighted by molar-refractivity contribution is 0.0779. The fraction of sp³-hybridized carbons (Fsp3) is 0.696. The predicted octanol–water partition coefficient (Wildman–Crippen LogP) is 3.03. The number of aryl methyl sites for hydroxylation is 1. The molecular weight excluding hydrogens is 398 g/mol. The highest BCUT2D eigenvalue weighted by Crippen LogP contribution is 2.29. The molecule has 0 N–H and O–H groups in total. The number of benzene rings is 1. The van der Waals surface area contributed by atoms with Crippen LogP contribution in [0.3, 0.4) is 0 Å². The highest BCUT2D eigenvalue weighted by Gasteiger charge is 2.34. The summed E-state index contributed by atoms with van der Waals surface area (Å²) >= 11 is 0. The molecule has 0 saturated carbocycles. The molecule has 1 atom stereocenters. The molecule has 0 unspecified atom stereocenters. The largest absolute Gasteiger partial charge is 0.337 e. The van der Waals surface area contributed by atoms with E-state index in [0.717, 1.165) is 56.6 Å². The Hall–Kier alpha value is -1.44. The van der Waals surface area contributed by atoms with Gasteiger partial charge in [0.2, 0.25) is 10.0 Å². The van der Waals surface area contributed by atoms with Crippen LogP contribution in [0.15, 0.2) is 17.0 Å². The second-order valence-electron chi connectivity index (χ2n) is 9.44. The molecule has 166 valence electrons. The molecule has 1 amide bonds. The number of carbonyl (C=O) groups excluding carboxylic acids is 1. The molecule has 0 radical (unpaired) electrons. The van der Waals surface area contributed by atoms with E-state index >= 15 is 0 Å².